The van der Waals surface area contributed by atoms with Crippen LogP contribution in [0.25, 0.3) is 0 Å². The summed E-state index contributed by atoms with van der Waals surface area (Å²) in [6, 6.07) is 4.37. The van der Waals surface area contributed by atoms with E-state index < -0.39 is 5.82 Å². The molecule has 98 valence electrons. The lowest BCUT2D eigenvalue weighted by molar-refractivity contribution is 0.626. The number of aromatic nitrogens is 1. The van der Waals surface area contributed by atoms with Gasteiger partial charge in [0, 0.05) is 18.0 Å². The van der Waals surface area contributed by atoms with Gasteiger partial charge < -0.3 is 0 Å². The van der Waals surface area contributed by atoms with Crippen molar-refractivity contribution >= 4 is 46.7 Å². The van der Waals surface area contributed by atoms with Crippen LogP contribution in [0.3, 0.4) is 0 Å². The second kappa shape index (κ2) is 6.19. The molecule has 0 fully saturated rings. The van der Waals surface area contributed by atoms with Crippen LogP contribution in [0.15, 0.2) is 35.7 Å². The summed E-state index contributed by atoms with van der Waals surface area (Å²) in [6.45, 7) is 0. The third-order valence-corrected chi connectivity index (χ3v) is 3.13. The maximum atomic E-state index is 13.5. The Morgan fingerprint density at radius 2 is 1.79 bits per heavy atom. The smallest absolute Gasteiger partial charge is 0.133 e. The topological polar surface area (TPSA) is 37.3 Å². The molecule has 0 aliphatic carbocycles. The Balaban J connectivity index is 2.21. The summed E-state index contributed by atoms with van der Waals surface area (Å²) < 4.78 is 13.5. The van der Waals surface area contributed by atoms with Gasteiger partial charge in [0.15, 0.2) is 0 Å². The standard InChI is InChI=1S/C12H7Cl3FN3/c13-8-2-1-3-11(16)7(8)4-18-19-12-9(14)5-17-6-10(12)15/h1-6H,(H,17,19)/b18-4-. The van der Waals surface area contributed by atoms with E-state index in [0.29, 0.717) is 15.7 Å². The molecular formula is C12H7Cl3FN3. The van der Waals surface area contributed by atoms with Gasteiger partial charge in [-0.05, 0) is 12.1 Å². The summed E-state index contributed by atoms with van der Waals surface area (Å²) in [5.74, 6) is -0.468. The highest BCUT2D eigenvalue weighted by Crippen LogP contribution is 2.28. The largest absolute Gasteiger partial charge is 0.275 e. The van der Waals surface area contributed by atoms with Gasteiger partial charge in [0.1, 0.15) is 5.82 Å². The van der Waals surface area contributed by atoms with Gasteiger partial charge >= 0.3 is 0 Å². The van der Waals surface area contributed by atoms with E-state index in [1.807, 2.05) is 0 Å². The number of anilines is 1. The van der Waals surface area contributed by atoms with Crippen molar-refractivity contribution < 1.29 is 4.39 Å². The summed E-state index contributed by atoms with van der Waals surface area (Å²) in [6.07, 6.45) is 4.09. The molecule has 0 saturated heterocycles. The minimum absolute atomic E-state index is 0.179. The molecular weight excluding hydrogens is 312 g/mol. The molecule has 1 heterocycles. The van der Waals surface area contributed by atoms with E-state index >= 15 is 0 Å². The minimum atomic E-state index is -0.468. The molecule has 0 radical (unpaired) electrons. The Morgan fingerprint density at radius 3 is 2.42 bits per heavy atom. The van der Waals surface area contributed by atoms with Crippen molar-refractivity contribution in [1.29, 1.82) is 0 Å². The second-order valence-electron chi connectivity index (χ2n) is 3.48. The van der Waals surface area contributed by atoms with Crippen LogP contribution in [-0.4, -0.2) is 11.2 Å². The Kier molecular flexibility index (Phi) is 4.58. The zero-order valence-electron chi connectivity index (χ0n) is 9.37. The Labute approximate surface area is 124 Å². The molecule has 0 amide bonds. The van der Waals surface area contributed by atoms with Gasteiger partial charge in [-0.25, -0.2) is 4.39 Å². The van der Waals surface area contributed by atoms with E-state index in [1.54, 1.807) is 6.07 Å². The summed E-state index contributed by atoms with van der Waals surface area (Å²) in [5, 5.41) is 4.74. The minimum Gasteiger partial charge on any atom is -0.275 e. The van der Waals surface area contributed by atoms with Crippen molar-refractivity contribution in [3.05, 3.63) is 57.0 Å². The molecule has 0 atom stereocenters. The van der Waals surface area contributed by atoms with Crippen molar-refractivity contribution in [2.24, 2.45) is 5.10 Å². The van der Waals surface area contributed by atoms with Crippen LogP contribution in [0, 0.1) is 5.82 Å². The Morgan fingerprint density at radius 1 is 1.11 bits per heavy atom. The molecule has 0 unspecified atom stereocenters. The molecule has 1 aromatic heterocycles. The highest BCUT2D eigenvalue weighted by Gasteiger charge is 2.06. The lowest BCUT2D eigenvalue weighted by Gasteiger charge is -2.05. The average molecular weight is 319 g/mol. The van der Waals surface area contributed by atoms with Crippen LogP contribution >= 0.6 is 34.8 Å². The lowest BCUT2D eigenvalue weighted by atomic mass is 10.2. The van der Waals surface area contributed by atoms with Gasteiger partial charge in [-0.15, -0.1) is 0 Å². The first kappa shape index (κ1) is 14.1. The lowest BCUT2D eigenvalue weighted by Crippen LogP contribution is -1.95. The number of nitrogens with zero attached hydrogens (tertiary/aromatic N) is 2. The van der Waals surface area contributed by atoms with Crippen LogP contribution in [0.5, 0.6) is 0 Å². The van der Waals surface area contributed by atoms with Crippen LogP contribution < -0.4 is 5.43 Å². The first-order valence-electron chi connectivity index (χ1n) is 5.11. The fraction of sp³-hybridized carbons (Fsp3) is 0. The van der Waals surface area contributed by atoms with Gasteiger partial charge in [-0.1, -0.05) is 40.9 Å². The van der Waals surface area contributed by atoms with E-state index in [9.17, 15) is 4.39 Å². The van der Waals surface area contributed by atoms with Crippen LogP contribution in [0.4, 0.5) is 10.1 Å². The fourth-order valence-corrected chi connectivity index (χ4v) is 1.97. The van der Waals surface area contributed by atoms with Crippen molar-refractivity contribution in [3.8, 4) is 0 Å². The molecule has 0 bridgehead atoms. The number of benzene rings is 1. The van der Waals surface area contributed by atoms with Crippen molar-refractivity contribution in [2.45, 2.75) is 0 Å². The highest BCUT2D eigenvalue weighted by molar-refractivity contribution is 6.38. The molecule has 1 aromatic carbocycles. The number of nitrogens with one attached hydrogen (secondary N) is 1. The predicted octanol–water partition coefficient (Wildman–Crippen LogP) is 4.63. The Bertz CT molecular complexity index is 591. The zero-order valence-corrected chi connectivity index (χ0v) is 11.6. The van der Waals surface area contributed by atoms with E-state index in [-0.39, 0.29) is 10.6 Å². The molecule has 0 saturated carbocycles. The number of hydrogen-bond donors (Lipinski definition) is 1. The van der Waals surface area contributed by atoms with E-state index in [2.05, 4.69) is 15.5 Å². The summed E-state index contributed by atoms with van der Waals surface area (Å²) >= 11 is 17.6. The van der Waals surface area contributed by atoms with E-state index in [0.717, 1.165) is 0 Å². The van der Waals surface area contributed by atoms with Crippen LogP contribution in [0.2, 0.25) is 15.1 Å². The number of pyridine rings is 1. The van der Waals surface area contributed by atoms with Gasteiger partial charge in [0.25, 0.3) is 0 Å². The molecule has 2 rings (SSSR count). The number of rotatable bonds is 3. The van der Waals surface area contributed by atoms with E-state index in [1.165, 1.54) is 30.7 Å². The maximum Gasteiger partial charge on any atom is 0.133 e. The molecule has 0 aliphatic rings. The second-order valence-corrected chi connectivity index (χ2v) is 4.71. The van der Waals surface area contributed by atoms with Gasteiger partial charge in [-0.2, -0.15) is 5.10 Å². The number of halogens is 4. The van der Waals surface area contributed by atoms with Crippen molar-refractivity contribution in [1.82, 2.24) is 4.98 Å². The fourth-order valence-electron chi connectivity index (χ4n) is 1.31. The first-order chi connectivity index (χ1) is 9.09. The molecule has 2 aromatic rings. The summed E-state index contributed by atoms with van der Waals surface area (Å²) in [5.41, 5.74) is 3.19. The number of hydrogen-bond acceptors (Lipinski definition) is 3. The van der Waals surface area contributed by atoms with Crippen LogP contribution in [-0.2, 0) is 0 Å². The average Bonchev–Trinajstić information content (AvgIpc) is 2.36. The van der Waals surface area contributed by atoms with Crippen molar-refractivity contribution in [3.63, 3.8) is 0 Å². The number of hydrazone groups is 1. The molecule has 0 aliphatic heterocycles. The summed E-state index contributed by atoms with van der Waals surface area (Å²) in [7, 11) is 0. The van der Waals surface area contributed by atoms with E-state index in [4.69, 9.17) is 34.8 Å². The predicted molar refractivity (Wildman–Crippen MR) is 76.9 cm³/mol. The molecule has 1 N–H and O–H groups in total. The first-order valence-corrected chi connectivity index (χ1v) is 6.25. The van der Waals surface area contributed by atoms with Gasteiger partial charge in [0.05, 0.1) is 27.0 Å². The van der Waals surface area contributed by atoms with Crippen molar-refractivity contribution in [2.75, 3.05) is 5.43 Å². The van der Waals surface area contributed by atoms with Crippen LogP contribution in [0.1, 0.15) is 5.56 Å². The highest BCUT2D eigenvalue weighted by atomic mass is 35.5. The van der Waals surface area contributed by atoms with Gasteiger partial charge in [-0.3, -0.25) is 10.4 Å². The quantitative estimate of drug-likeness (QED) is 0.662. The molecule has 19 heavy (non-hydrogen) atoms. The maximum absolute atomic E-state index is 13.5. The third kappa shape index (κ3) is 3.35. The molecule has 7 heteroatoms. The molecule has 3 nitrogen and oxygen atoms in total. The molecule has 0 spiro atoms. The monoisotopic (exact) mass is 317 g/mol. The third-order valence-electron chi connectivity index (χ3n) is 2.22. The normalized spacial score (nSPS) is 10.9. The SMILES string of the molecule is Fc1cccc(Cl)c1/C=N\Nc1c(Cl)cncc1Cl. The Hall–Kier alpha value is -1.36. The zero-order chi connectivity index (χ0) is 13.8. The summed E-state index contributed by atoms with van der Waals surface area (Å²) in [4.78, 5) is 3.80. The van der Waals surface area contributed by atoms with Gasteiger partial charge in [0.2, 0.25) is 0 Å².